The number of benzene rings is 2. The summed E-state index contributed by atoms with van der Waals surface area (Å²) in [5.41, 5.74) is 2.78. The highest BCUT2D eigenvalue weighted by Crippen LogP contribution is 2.37. The molecule has 0 spiro atoms. The highest BCUT2D eigenvalue weighted by Gasteiger charge is 2.16. The zero-order valence-corrected chi connectivity index (χ0v) is 18.8. The Labute approximate surface area is 185 Å². The van der Waals surface area contributed by atoms with Gasteiger partial charge in [-0.1, -0.05) is 24.3 Å². The van der Waals surface area contributed by atoms with Gasteiger partial charge >= 0.3 is 0 Å². The van der Waals surface area contributed by atoms with E-state index in [2.05, 4.69) is 34.3 Å². The molecule has 160 valence electrons. The fourth-order valence-corrected chi connectivity index (χ4v) is 4.66. The Bertz CT molecular complexity index is 1220. The summed E-state index contributed by atoms with van der Waals surface area (Å²) in [5.74, 6) is 2.70. The molecular formula is C24H25N3O3S. The Kier molecular flexibility index (Phi) is 6.06. The maximum Gasteiger partial charge on any atom is 0.162 e. The van der Waals surface area contributed by atoms with Crippen molar-refractivity contribution in [2.24, 2.45) is 0 Å². The molecule has 0 aliphatic rings. The molecule has 2 aromatic carbocycles. The predicted molar refractivity (Wildman–Crippen MR) is 125 cm³/mol. The van der Waals surface area contributed by atoms with E-state index in [9.17, 15) is 5.11 Å². The number of thiophene rings is 1. The molecule has 4 rings (SSSR count). The Morgan fingerprint density at radius 3 is 2.52 bits per heavy atom. The summed E-state index contributed by atoms with van der Waals surface area (Å²) in [7, 11) is 3.23. The van der Waals surface area contributed by atoms with Crippen molar-refractivity contribution in [2.75, 3.05) is 19.5 Å². The second-order valence-corrected chi connectivity index (χ2v) is 8.34. The number of aliphatic hydroxyl groups excluding tert-OH is 1. The van der Waals surface area contributed by atoms with Gasteiger partial charge in [0.05, 0.1) is 32.4 Å². The van der Waals surface area contributed by atoms with E-state index in [1.807, 2.05) is 43.3 Å². The first-order chi connectivity index (χ1) is 15.0. The first-order valence-electron chi connectivity index (χ1n) is 9.99. The number of nitrogens with zero attached hydrogens (tertiary/aromatic N) is 2. The lowest BCUT2D eigenvalue weighted by atomic mass is 10.1. The molecule has 0 saturated carbocycles. The van der Waals surface area contributed by atoms with Gasteiger partial charge in [0.1, 0.15) is 11.6 Å². The van der Waals surface area contributed by atoms with Gasteiger partial charge in [-0.25, -0.2) is 9.97 Å². The van der Waals surface area contributed by atoms with Crippen LogP contribution in [0.4, 0.5) is 5.82 Å². The van der Waals surface area contributed by atoms with Crippen LogP contribution in [0.15, 0.2) is 48.5 Å². The maximum atomic E-state index is 9.66. The number of nitrogens with one attached hydrogen (secondary N) is 1. The molecule has 2 heterocycles. The van der Waals surface area contributed by atoms with Crippen molar-refractivity contribution in [3.8, 4) is 21.9 Å². The molecule has 0 aliphatic heterocycles. The molecule has 0 bridgehead atoms. The number of aryl methyl sites for hydroxylation is 1. The molecule has 1 atom stereocenters. The largest absolute Gasteiger partial charge is 0.493 e. The van der Waals surface area contributed by atoms with Crippen molar-refractivity contribution in [1.82, 2.24) is 9.97 Å². The predicted octanol–water partition coefficient (Wildman–Crippen LogP) is 5.35. The van der Waals surface area contributed by atoms with Crippen LogP contribution in [0.3, 0.4) is 0 Å². The van der Waals surface area contributed by atoms with Gasteiger partial charge in [0.25, 0.3) is 0 Å². The van der Waals surface area contributed by atoms with Crippen LogP contribution in [0.1, 0.15) is 29.2 Å². The van der Waals surface area contributed by atoms with E-state index in [1.165, 1.54) is 4.88 Å². The number of hydrogen-bond donors (Lipinski definition) is 2. The third-order valence-electron chi connectivity index (χ3n) is 5.17. The van der Waals surface area contributed by atoms with E-state index in [4.69, 9.17) is 9.47 Å². The molecule has 0 radical (unpaired) electrons. The summed E-state index contributed by atoms with van der Waals surface area (Å²) in [6, 6.07) is 16.0. The van der Waals surface area contributed by atoms with Gasteiger partial charge in [-0.05, 0) is 43.2 Å². The summed E-state index contributed by atoms with van der Waals surface area (Å²) >= 11 is 1.70. The fraction of sp³-hybridized carbons (Fsp3) is 0.250. The first-order valence-corrected chi connectivity index (χ1v) is 10.8. The lowest BCUT2D eigenvalue weighted by molar-refractivity contribution is 0.282. The summed E-state index contributed by atoms with van der Waals surface area (Å²) in [6.07, 6.45) is 0. The van der Waals surface area contributed by atoms with Crippen LogP contribution in [-0.2, 0) is 6.61 Å². The minimum atomic E-state index is 0.0225. The Hall–Kier alpha value is -3.16. The quantitative estimate of drug-likeness (QED) is 0.408. The number of anilines is 1. The van der Waals surface area contributed by atoms with Crippen LogP contribution in [0.2, 0.25) is 0 Å². The van der Waals surface area contributed by atoms with Gasteiger partial charge in [-0.3, -0.25) is 0 Å². The van der Waals surface area contributed by atoms with Gasteiger partial charge in [-0.15, -0.1) is 11.3 Å². The highest BCUT2D eigenvalue weighted by molar-refractivity contribution is 7.15. The van der Waals surface area contributed by atoms with Crippen LogP contribution in [0.5, 0.6) is 11.5 Å². The van der Waals surface area contributed by atoms with E-state index in [1.54, 1.807) is 25.6 Å². The summed E-state index contributed by atoms with van der Waals surface area (Å²) in [5, 5.41) is 14.1. The normalized spacial score (nSPS) is 12.0. The van der Waals surface area contributed by atoms with Crippen LogP contribution in [0.25, 0.3) is 21.3 Å². The van der Waals surface area contributed by atoms with Crippen LogP contribution in [-0.4, -0.2) is 29.3 Å². The van der Waals surface area contributed by atoms with Crippen molar-refractivity contribution in [1.29, 1.82) is 0 Å². The molecule has 0 amide bonds. The fourth-order valence-electron chi connectivity index (χ4n) is 3.59. The van der Waals surface area contributed by atoms with Gasteiger partial charge in [-0.2, -0.15) is 0 Å². The number of aliphatic hydroxyl groups is 1. The zero-order valence-electron chi connectivity index (χ0n) is 18.0. The molecule has 0 aliphatic carbocycles. The van der Waals surface area contributed by atoms with Crippen LogP contribution in [0, 0.1) is 6.92 Å². The number of aromatic nitrogens is 2. The lowest BCUT2D eigenvalue weighted by Gasteiger charge is -2.16. The standard InChI is InChI=1S/C24H25N3O3S/c1-14(22-9-10-23(31-22)17-8-6-5-7-16(17)13-28)25-24-18-11-20(29-3)21(30-4)12-19(18)26-15(2)27-24/h5-12,14,28H,13H2,1-4H3,(H,25,26,27)/t14-/m1/s1. The molecule has 0 fully saturated rings. The molecule has 0 unspecified atom stereocenters. The Morgan fingerprint density at radius 2 is 1.77 bits per heavy atom. The number of hydrogen-bond acceptors (Lipinski definition) is 7. The van der Waals surface area contributed by atoms with Gasteiger partial charge in [0.2, 0.25) is 0 Å². The molecule has 6 nitrogen and oxygen atoms in total. The van der Waals surface area contributed by atoms with Gasteiger partial charge < -0.3 is 19.9 Å². The molecule has 0 saturated heterocycles. The molecule has 2 N–H and O–H groups in total. The second kappa shape index (κ2) is 8.91. The smallest absolute Gasteiger partial charge is 0.162 e. The van der Waals surface area contributed by atoms with E-state index in [-0.39, 0.29) is 12.6 Å². The topological polar surface area (TPSA) is 76.5 Å². The zero-order chi connectivity index (χ0) is 22.0. The minimum absolute atomic E-state index is 0.0225. The van der Waals surface area contributed by atoms with Gasteiger partial charge in [0, 0.05) is 21.2 Å². The van der Waals surface area contributed by atoms with Crippen molar-refractivity contribution < 1.29 is 14.6 Å². The van der Waals surface area contributed by atoms with Crippen LogP contribution >= 0.6 is 11.3 Å². The Balaban J connectivity index is 1.67. The SMILES string of the molecule is COc1cc2nc(C)nc(N[C@H](C)c3ccc(-c4ccccc4CO)s3)c2cc1OC. The van der Waals surface area contributed by atoms with Crippen molar-refractivity contribution in [2.45, 2.75) is 26.5 Å². The number of fused-ring (bicyclic) bond motifs is 1. The number of rotatable bonds is 7. The summed E-state index contributed by atoms with van der Waals surface area (Å²) < 4.78 is 10.9. The third-order valence-corrected chi connectivity index (χ3v) is 6.47. The van der Waals surface area contributed by atoms with E-state index in [0.717, 1.165) is 32.7 Å². The Morgan fingerprint density at radius 1 is 1.03 bits per heavy atom. The average Bonchev–Trinajstić information content (AvgIpc) is 3.28. The first kappa shape index (κ1) is 21.1. The maximum absolute atomic E-state index is 9.66. The summed E-state index contributed by atoms with van der Waals surface area (Å²) in [4.78, 5) is 11.5. The molecular weight excluding hydrogens is 410 g/mol. The van der Waals surface area contributed by atoms with E-state index >= 15 is 0 Å². The van der Waals surface area contributed by atoms with Crippen LogP contribution < -0.4 is 14.8 Å². The summed E-state index contributed by atoms with van der Waals surface area (Å²) in [6.45, 7) is 4.01. The number of methoxy groups -OCH3 is 2. The average molecular weight is 436 g/mol. The lowest BCUT2D eigenvalue weighted by Crippen LogP contribution is -2.08. The molecule has 31 heavy (non-hydrogen) atoms. The second-order valence-electron chi connectivity index (χ2n) is 7.23. The van der Waals surface area contributed by atoms with Crippen molar-refractivity contribution in [3.05, 3.63) is 64.8 Å². The molecule has 7 heteroatoms. The van der Waals surface area contributed by atoms with E-state index < -0.39 is 0 Å². The highest BCUT2D eigenvalue weighted by atomic mass is 32.1. The van der Waals surface area contributed by atoms with Gasteiger partial charge in [0.15, 0.2) is 11.5 Å². The van der Waals surface area contributed by atoms with E-state index in [0.29, 0.717) is 17.3 Å². The molecule has 2 aromatic heterocycles. The monoisotopic (exact) mass is 435 g/mol. The van der Waals surface area contributed by atoms with Crippen molar-refractivity contribution in [3.63, 3.8) is 0 Å². The molecule has 4 aromatic rings. The van der Waals surface area contributed by atoms with Crippen molar-refractivity contribution >= 4 is 28.1 Å². The number of ether oxygens (including phenoxy) is 2. The third kappa shape index (κ3) is 4.19. The minimum Gasteiger partial charge on any atom is -0.493 e.